The molecule has 0 radical (unpaired) electrons. The first-order valence-corrected chi connectivity index (χ1v) is 8.27. The second kappa shape index (κ2) is 8.57. The van der Waals surface area contributed by atoms with Gasteiger partial charge in [0, 0.05) is 0 Å². The summed E-state index contributed by atoms with van der Waals surface area (Å²) in [6.07, 6.45) is 0.259. The van der Waals surface area contributed by atoms with Crippen LogP contribution in [0.3, 0.4) is 0 Å². The average molecular weight is 362 g/mol. The second-order valence-corrected chi connectivity index (χ2v) is 5.68. The molecule has 1 aromatic heterocycles. The number of nitrogens with one attached hydrogen (secondary N) is 2. The van der Waals surface area contributed by atoms with Gasteiger partial charge >= 0.3 is 5.97 Å². The summed E-state index contributed by atoms with van der Waals surface area (Å²) >= 11 is 0. The van der Waals surface area contributed by atoms with E-state index in [9.17, 15) is 9.59 Å². The molecular formula is C20H18N4O3. The largest absolute Gasteiger partial charge is 0.465 e. The van der Waals surface area contributed by atoms with Crippen LogP contribution in [0.1, 0.15) is 15.9 Å². The monoisotopic (exact) mass is 362 g/mol. The number of rotatable bonds is 6. The molecule has 7 nitrogen and oxygen atoms in total. The van der Waals surface area contributed by atoms with Gasteiger partial charge in [0.1, 0.15) is 0 Å². The molecule has 2 N–H and O–H groups in total. The molecular weight excluding hydrogens is 344 g/mol. The van der Waals surface area contributed by atoms with Crippen molar-refractivity contribution in [1.82, 2.24) is 10.2 Å². The Morgan fingerprint density at radius 3 is 2.26 bits per heavy atom. The predicted octanol–water partition coefficient (Wildman–Crippen LogP) is 3.19. The Hall–Kier alpha value is -3.74. The van der Waals surface area contributed by atoms with Crippen LogP contribution < -0.4 is 10.6 Å². The number of ether oxygens (including phenoxy) is 1. The van der Waals surface area contributed by atoms with Gasteiger partial charge < -0.3 is 15.4 Å². The fourth-order valence-electron chi connectivity index (χ4n) is 2.45. The second-order valence-electron chi connectivity index (χ2n) is 5.68. The first kappa shape index (κ1) is 18.1. The number of nitrogens with zero attached hydrogens (tertiary/aromatic N) is 2. The van der Waals surface area contributed by atoms with Crippen molar-refractivity contribution in [3.8, 4) is 0 Å². The third kappa shape index (κ3) is 4.88. The molecule has 0 aliphatic heterocycles. The number of carbonyl (C=O) groups is 2. The molecule has 0 aliphatic rings. The van der Waals surface area contributed by atoms with Crippen LogP contribution in [0.15, 0.2) is 66.7 Å². The maximum atomic E-state index is 12.1. The van der Waals surface area contributed by atoms with Crippen molar-refractivity contribution in [1.29, 1.82) is 0 Å². The van der Waals surface area contributed by atoms with Crippen LogP contribution in [0.5, 0.6) is 0 Å². The van der Waals surface area contributed by atoms with E-state index in [1.54, 1.807) is 36.4 Å². The summed E-state index contributed by atoms with van der Waals surface area (Å²) in [5, 5.41) is 13.7. The molecule has 0 bridgehead atoms. The summed E-state index contributed by atoms with van der Waals surface area (Å²) in [5.74, 6) is 0.165. The van der Waals surface area contributed by atoms with Gasteiger partial charge in [0.15, 0.2) is 11.6 Å². The molecule has 3 rings (SSSR count). The van der Waals surface area contributed by atoms with Gasteiger partial charge in [-0.1, -0.05) is 42.5 Å². The summed E-state index contributed by atoms with van der Waals surface area (Å²) in [5.41, 5.74) is 1.86. The lowest BCUT2D eigenvalue weighted by molar-refractivity contribution is -0.115. The highest BCUT2D eigenvalue weighted by Crippen LogP contribution is 2.20. The molecule has 136 valence electrons. The average Bonchev–Trinajstić information content (AvgIpc) is 2.70. The maximum Gasteiger partial charge on any atom is 0.339 e. The van der Waals surface area contributed by atoms with Crippen molar-refractivity contribution in [2.24, 2.45) is 0 Å². The first-order chi connectivity index (χ1) is 13.2. The molecule has 3 aromatic rings. The van der Waals surface area contributed by atoms with Crippen LogP contribution in [0.2, 0.25) is 0 Å². The highest BCUT2D eigenvalue weighted by molar-refractivity contribution is 5.96. The third-order valence-electron chi connectivity index (χ3n) is 3.73. The number of amides is 1. The maximum absolute atomic E-state index is 12.1. The molecule has 1 heterocycles. The van der Waals surface area contributed by atoms with E-state index in [0.717, 1.165) is 5.56 Å². The fourth-order valence-corrected chi connectivity index (χ4v) is 2.45. The standard InChI is InChI=1S/C20H18N4O3/c1-27-20(26)15-9-5-6-10-16(15)21-17-11-12-18(24-23-17)22-19(25)13-14-7-3-2-4-8-14/h2-12H,13H2,1H3,(H,21,23)(H,22,24,25). The van der Waals surface area contributed by atoms with Gasteiger partial charge in [0.25, 0.3) is 0 Å². The summed E-state index contributed by atoms with van der Waals surface area (Å²) in [4.78, 5) is 23.9. The minimum Gasteiger partial charge on any atom is -0.465 e. The number of hydrogen-bond donors (Lipinski definition) is 2. The molecule has 0 spiro atoms. The van der Waals surface area contributed by atoms with Crippen LogP contribution >= 0.6 is 0 Å². The van der Waals surface area contributed by atoms with E-state index in [-0.39, 0.29) is 12.3 Å². The van der Waals surface area contributed by atoms with Gasteiger partial charge in [-0.05, 0) is 29.8 Å². The van der Waals surface area contributed by atoms with Crippen molar-refractivity contribution in [3.05, 3.63) is 77.9 Å². The van der Waals surface area contributed by atoms with Crippen molar-refractivity contribution in [2.75, 3.05) is 17.7 Å². The smallest absolute Gasteiger partial charge is 0.339 e. The molecule has 0 aliphatic carbocycles. The number of anilines is 3. The topological polar surface area (TPSA) is 93.2 Å². The Labute approximate surface area is 156 Å². The predicted molar refractivity (Wildman–Crippen MR) is 102 cm³/mol. The number of esters is 1. The highest BCUT2D eigenvalue weighted by atomic mass is 16.5. The van der Waals surface area contributed by atoms with Gasteiger partial charge in [-0.25, -0.2) is 4.79 Å². The molecule has 0 saturated heterocycles. The van der Waals surface area contributed by atoms with E-state index in [0.29, 0.717) is 22.9 Å². The molecule has 2 aromatic carbocycles. The van der Waals surface area contributed by atoms with Crippen molar-refractivity contribution >= 4 is 29.2 Å². The number of carbonyl (C=O) groups excluding carboxylic acids is 2. The van der Waals surface area contributed by atoms with Crippen LogP contribution in [-0.2, 0) is 16.0 Å². The number of methoxy groups -OCH3 is 1. The van der Waals surface area contributed by atoms with Crippen LogP contribution in [0.25, 0.3) is 0 Å². The molecule has 0 saturated carbocycles. The molecule has 0 atom stereocenters. The number of hydrogen-bond acceptors (Lipinski definition) is 6. The molecule has 1 amide bonds. The van der Waals surface area contributed by atoms with Crippen molar-refractivity contribution in [2.45, 2.75) is 6.42 Å². The Bertz CT molecular complexity index is 927. The zero-order chi connectivity index (χ0) is 19.1. The third-order valence-corrected chi connectivity index (χ3v) is 3.73. The highest BCUT2D eigenvalue weighted by Gasteiger charge is 2.12. The van der Waals surface area contributed by atoms with E-state index in [2.05, 4.69) is 20.8 Å². The van der Waals surface area contributed by atoms with E-state index in [1.165, 1.54) is 7.11 Å². The Morgan fingerprint density at radius 2 is 1.56 bits per heavy atom. The van der Waals surface area contributed by atoms with Crippen molar-refractivity contribution in [3.63, 3.8) is 0 Å². The zero-order valence-corrected chi connectivity index (χ0v) is 14.7. The Kier molecular flexibility index (Phi) is 5.73. The number of benzene rings is 2. The lowest BCUT2D eigenvalue weighted by Crippen LogP contribution is -2.15. The normalized spacial score (nSPS) is 10.1. The van der Waals surface area contributed by atoms with Gasteiger partial charge in [0.2, 0.25) is 5.91 Å². The van der Waals surface area contributed by atoms with Crippen molar-refractivity contribution < 1.29 is 14.3 Å². The molecule has 27 heavy (non-hydrogen) atoms. The van der Waals surface area contributed by atoms with Crippen LogP contribution in [-0.4, -0.2) is 29.2 Å². The lowest BCUT2D eigenvalue weighted by Gasteiger charge is -2.10. The molecule has 0 unspecified atom stereocenters. The van der Waals surface area contributed by atoms with Gasteiger partial charge in [-0.2, -0.15) is 0 Å². The van der Waals surface area contributed by atoms with Gasteiger partial charge in [-0.3, -0.25) is 4.79 Å². The lowest BCUT2D eigenvalue weighted by atomic mass is 10.1. The number of para-hydroxylation sites is 1. The minimum atomic E-state index is -0.448. The van der Waals surface area contributed by atoms with E-state index >= 15 is 0 Å². The van der Waals surface area contributed by atoms with Crippen LogP contribution in [0, 0.1) is 0 Å². The van der Waals surface area contributed by atoms with E-state index in [4.69, 9.17) is 4.74 Å². The Morgan fingerprint density at radius 1 is 0.889 bits per heavy atom. The summed E-state index contributed by atoms with van der Waals surface area (Å²) < 4.78 is 4.76. The van der Waals surface area contributed by atoms with Crippen LogP contribution in [0.4, 0.5) is 17.3 Å². The Balaban J connectivity index is 1.64. The quantitative estimate of drug-likeness (QED) is 0.654. The van der Waals surface area contributed by atoms with Gasteiger partial charge in [0.05, 0.1) is 24.8 Å². The molecule has 7 heteroatoms. The fraction of sp³-hybridized carbons (Fsp3) is 0.100. The summed E-state index contributed by atoms with van der Waals surface area (Å²) in [6.45, 7) is 0. The first-order valence-electron chi connectivity index (χ1n) is 8.27. The van der Waals surface area contributed by atoms with Gasteiger partial charge in [-0.15, -0.1) is 10.2 Å². The molecule has 0 fully saturated rings. The summed E-state index contributed by atoms with van der Waals surface area (Å²) in [7, 11) is 1.33. The summed E-state index contributed by atoms with van der Waals surface area (Å²) in [6, 6.07) is 19.7. The zero-order valence-electron chi connectivity index (χ0n) is 14.7. The minimum absolute atomic E-state index is 0.174. The SMILES string of the molecule is COC(=O)c1ccccc1Nc1ccc(NC(=O)Cc2ccccc2)nn1. The number of aromatic nitrogens is 2. The van der Waals surface area contributed by atoms with E-state index < -0.39 is 5.97 Å². The van der Waals surface area contributed by atoms with E-state index in [1.807, 2.05) is 30.3 Å².